The summed E-state index contributed by atoms with van der Waals surface area (Å²) in [6.07, 6.45) is 0. The van der Waals surface area contributed by atoms with E-state index >= 15 is 0 Å². The van der Waals surface area contributed by atoms with Gasteiger partial charge in [-0.05, 0) is 29.8 Å². The van der Waals surface area contributed by atoms with Gasteiger partial charge in [-0.15, -0.1) is 11.6 Å². The van der Waals surface area contributed by atoms with Gasteiger partial charge in [-0.1, -0.05) is 45.2 Å². The summed E-state index contributed by atoms with van der Waals surface area (Å²) in [5.74, 6) is -1.48. The van der Waals surface area contributed by atoms with Crippen molar-refractivity contribution in [3.8, 4) is 0 Å². The Morgan fingerprint density at radius 1 is 1.00 bits per heavy atom. The molecule has 0 saturated carbocycles. The highest BCUT2D eigenvalue weighted by Crippen LogP contribution is 2.38. The van der Waals surface area contributed by atoms with Crippen LogP contribution in [0.25, 0.3) is 0 Å². The summed E-state index contributed by atoms with van der Waals surface area (Å²) in [7, 11) is 0. The van der Waals surface area contributed by atoms with Gasteiger partial charge in [0.1, 0.15) is 11.6 Å². The predicted molar refractivity (Wildman–Crippen MR) is 78.2 cm³/mol. The van der Waals surface area contributed by atoms with Gasteiger partial charge in [-0.2, -0.15) is 0 Å². The van der Waals surface area contributed by atoms with Crippen molar-refractivity contribution < 1.29 is 8.78 Å². The molecule has 0 radical (unpaired) electrons. The standard InChI is InChI=1S/C13H6BrCl3F2/c14-6-3-10(18)12(11(19)4-6)13(17)8-2-1-7(15)5-9(8)16/h1-5,13H. The van der Waals surface area contributed by atoms with E-state index in [2.05, 4.69) is 15.9 Å². The summed E-state index contributed by atoms with van der Waals surface area (Å²) >= 11 is 20.9. The number of rotatable bonds is 2. The van der Waals surface area contributed by atoms with Gasteiger partial charge in [0, 0.05) is 20.1 Å². The molecule has 0 aliphatic rings. The lowest BCUT2D eigenvalue weighted by molar-refractivity contribution is 0.557. The molecule has 0 bridgehead atoms. The van der Waals surface area contributed by atoms with Crippen molar-refractivity contribution in [1.29, 1.82) is 0 Å². The lowest BCUT2D eigenvalue weighted by Crippen LogP contribution is -2.02. The molecule has 100 valence electrons. The van der Waals surface area contributed by atoms with Crippen molar-refractivity contribution in [3.05, 3.63) is 67.6 Å². The third-order valence-electron chi connectivity index (χ3n) is 2.53. The van der Waals surface area contributed by atoms with Crippen molar-refractivity contribution >= 4 is 50.7 Å². The van der Waals surface area contributed by atoms with Gasteiger partial charge in [0.2, 0.25) is 0 Å². The van der Waals surface area contributed by atoms with E-state index in [1.165, 1.54) is 6.07 Å². The van der Waals surface area contributed by atoms with Crippen LogP contribution in [-0.4, -0.2) is 0 Å². The Morgan fingerprint density at radius 3 is 2.11 bits per heavy atom. The number of alkyl halides is 1. The number of benzene rings is 2. The maximum atomic E-state index is 13.8. The Morgan fingerprint density at radius 2 is 1.58 bits per heavy atom. The van der Waals surface area contributed by atoms with Crippen molar-refractivity contribution in [2.45, 2.75) is 5.38 Å². The minimum absolute atomic E-state index is 0.242. The Bertz CT molecular complexity index is 608. The van der Waals surface area contributed by atoms with Crippen LogP contribution < -0.4 is 0 Å². The van der Waals surface area contributed by atoms with E-state index in [0.717, 1.165) is 12.1 Å². The van der Waals surface area contributed by atoms with Crippen molar-refractivity contribution in [2.75, 3.05) is 0 Å². The van der Waals surface area contributed by atoms with Gasteiger partial charge >= 0.3 is 0 Å². The molecule has 0 aromatic heterocycles. The molecule has 0 spiro atoms. The van der Waals surface area contributed by atoms with Gasteiger partial charge in [0.05, 0.1) is 5.38 Å². The van der Waals surface area contributed by atoms with E-state index in [1.807, 2.05) is 0 Å². The molecule has 19 heavy (non-hydrogen) atoms. The molecule has 1 unspecified atom stereocenters. The summed E-state index contributed by atoms with van der Waals surface area (Å²) < 4.78 is 28.0. The fourth-order valence-electron chi connectivity index (χ4n) is 1.66. The molecule has 0 aliphatic heterocycles. The summed E-state index contributed by atoms with van der Waals surface area (Å²) in [6, 6.07) is 6.88. The molecule has 2 aromatic carbocycles. The van der Waals surface area contributed by atoms with Gasteiger partial charge in [0.25, 0.3) is 0 Å². The molecule has 2 aromatic rings. The first-order chi connectivity index (χ1) is 8.90. The Kier molecular flexibility index (Phi) is 4.72. The fraction of sp³-hybridized carbons (Fsp3) is 0.0769. The van der Waals surface area contributed by atoms with Crippen LogP contribution in [0.15, 0.2) is 34.8 Å². The summed E-state index contributed by atoms with van der Waals surface area (Å²) in [5, 5.41) is -0.346. The van der Waals surface area contributed by atoms with Crippen LogP contribution in [0.4, 0.5) is 8.78 Å². The number of hydrogen-bond acceptors (Lipinski definition) is 0. The third kappa shape index (κ3) is 3.22. The summed E-state index contributed by atoms with van der Waals surface area (Å²) in [4.78, 5) is 0. The predicted octanol–water partition coefficient (Wildman–Crippen LogP) is 6.36. The van der Waals surface area contributed by atoms with Crippen LogP contribution in [0.5, 0.6) is 0 Å². The highest BCUT2D eigenvalue weighted by molar-refractivity contribution is 9.10. The van der Waals surface area contributed by atoms with E-state index in [1.54, 1.807) is 12.1 Å². The molecule has 0 fully saturated rings. The zero-order valence-corrected chi connectivity index (χ0v) is 13.1. The summed E-state index contributed by atoms with van der Waals surface area (Å²) in [5.41, 5.74) is 0.155. The molecule has 1 atom stereocenters. The first kappa shape index (κ1) is 15.0. The smallest absolute Gasteiger partial charge is 0.132 e. The van der Waals surface area contributed by atoms with Crippen LogP contribution in [0.1, 0.15) is 16.5 Å². The highest BCUT2D eigenvalue weighted by Gasteiger charge is 2.22. The quantitative estimate of drug-likeness (QED) is 0.527. The first-order valence-electron chi connectivity index (χ1n) is 5.13. The lowest BCUT2D eigenvalue weighted by atomic mass is 10.0. The maximum absolute atomic E-state index is 13.8. The van der Waals surface area contributed by atoms with Gasteiger partial charge < -0.3 is 0 Å². The highest BCUT2D eigenvalue weighted by atomic mass is 79.9. The fourth-order valence-corrected chi connectivity index (χ4v) is 3.03. The maximum Gasteiger partial charge on any atom is 0.132 e. The van der Waals surface area contributed by atoms with E-state index in [-0.39, 0.29) is 10.6 Å². The molecule has 6 heteroatoms. The molecule has 0 amide bonds. The SMILES string of the molecule is Fc1cc(Br)cc(F)c1C(Cl)c1ccc(Cl)cc1Cl. The molecule has 0 nitrogen and oxygen atoms in total. The van der Waals surface area contributed by atoms with Crippen molar-refractivity contribution in [2.24, 2.45) is 0 Å². The minimum atomic E-state index is -1.03. The van der Waals surface area contributed by atoms with Crippen LogP contribution in [0, 0.1) is 11.6 Å². The molecule has 0 aliphatic carbocycles. The van der Waals surface area contributed by atoms with E-state index < -0.39 is 17.0 Å². The second-order valence-corrected chi connectivity index (χ2v) is 6.01. The van der Waals surface area contributed by atoms with Crippen LogP contribution in [0.3, 0.4) is 0 Å². The molecular weight excluding hydrogens is 380 g/mol. The first-order valence-corrected chi connectivity index (χ1v) is 7.12. The normalized spacial score (nSPS) is 12.5. The van der Waals surface area contributed by atoms with E-state index in [0.29, 0.717) is 15.1 Å². The van der Waals surface area contributed by atoms with Crippen LogP contribution in [0.2, 0.25) is 10.0 Å². The topological polar surface area (TPSA) is 0 Å². The molecule has 2 rings (SSSR count). The Balaban J connectivity index is 2.53. The molecule has 0 saturated heterocycles. The van der Waals surface area contributed by atoms with Crippen LogP contribution in [-0.2, 0) is 0 Å². The van der Waals surface area contributed by atoms with Gasteiger partial charge in [-0.25, -0.2) is 8.78 Å². The Hall–Kier alpha value is -0.350. The molecular formula is C13H6BrCl3F2. The van der Waals surface area contributed by atoms with E-state index in [9.17, 15) is 8.78 Å². The number of halogens is 6. The van der Waals surface area contributed by atoms with Crippen molar-refractivity contribution in [1.82, 2.24) is 0 Å². The minimum Gasteiger partial charge on any atom is -0.206 e. The average Bonchev–Trinajstić information content (AvgIpc) is 2.26. The third-order valence-corrected chi connectivity index (χ3v) is 4.01. The second-order valence-electron chi connectivity index (χ2n) is 3.81. The second kappa shape index (κ2) is 5.96. The van der Waals surface area contributed by atoms with E-state index in [4.69, 9.17) is 34.8 Å². The lowest BCUT2D eigenvalue weighted by Gasteiger charge is -2.14. The largest absolute Gasteiger partial charge is 0.206 e. The van der Waals surface area contributed by atoms with Gasteiger partial charge in [0.15, 0.2) is 0 Å². The molecule has 0 heterocycles. The zero-order chi connectivity index (χ0) is 14.2. The summed E-state index contributed by atoms with van der Waals surface area (Å²) in [6.45, 7) is 0. The molecule has 0 N–H and O–H groups in total. The van der Waals surface area contributed by atoms with Gasteiger partial charge in [-0.3, -0.25) is 0 Å². The van der Waals surface area contributed by atoms with Crippen LogP contribution >= 0.6 is 50.7 Å². The monoisotopic (exact) mass is 384 g/mol. The van der Waals surface area contributed by atoms with Crippen molar-refractivity contribution in [3.63, 3.8) is 0 Å². The Labute approximate surface area is 132 Å². The zero-order valence-electron chi connectivity index (χ0n) is 9.23. The number of hydrogen-bond donors (Lipinski definition) is 0. The average molecular weight is 386 g/mol.